The highest BCUT2D eigenvalue weighted by atomic mass is 16.2. The number of anilines is 1. The molecule has 2 amide bonds. The van der Waals surface area contributed by atoms with E-state index in [0.717, 1.165) is 27.9 Å². The van der Waals surface area contributed by atoms with Crippen LogP contribution < -0.4 is 10.2 Å². The summed E-state index contributed by atoms with van der Waals surface area (Å²) in [4.78, 5) is 26.6. The van der Waals surface area contributed by atoms with Crippen molar-refractivity contribution in [1.82, 2.24) is 15.1 Å². The van der Waals surface area contributed by atoms with Gasteiger partial charge in [-0.25, -0.2) is 4.68 Å². The summed E-state index contributed by atoms with van der Waals surface area (Å²) < 4.78 is 1.82. The number of aromatic nitrogens is 2. The van der Waals surface area contributed by atoms with Gasteiger partial charge in [0.1, 0.15) is 12.4 Å². The lowest BCUT2D eigenvalue weighted by molar-refractivity contribution is -0.124. The molecular formula is C23H24N4O2. The Kier molecular flexibility index (Phi) is 5.16. The number of nitrogens with zero attached hydrogens (tertiary/aromatic N) is 3. The molecular weight excluding hydrogens is 364 g/mol. The van der Waals surface area contributed by atoms with Crippen LogP contribution in [-0.2, 0) is 22.7 Å². The fourth-order valence-electron chi connectivity index (χ4n) is 3.64. The van der Waals surface area contributed by atoms with Crippen LogP contribution in [0.15, 0.2) is 54.6 Å². The van der Waals surface area contributed by atoms with Crippen LogP contribution in [0.5, 0.6) is 0 Å². The van der Waals surface area contributed by atoms with Crippen LogP contribution in [0.4, 0.5) is 5.82 Å². The van der Waals surface area contributed by atoms with E-state index in [-0.39, 0.29) is 18.4 Å². The van der Waals surface area contributed by atoms with Gasteiger partial charge < -0.3 is 5.32 Å². The maximum Gasteiger partial charge on any atom is 0.240 e. The third-order valence-corrected chi connectivity index (χ3v) is 5.17. The van der Waals surface area contributed by atoms with Gasteiger partial charge in [-0.05, 0) is 25.0 Å². The average Bonchev–Trinajstić information content (AvgIpc) is 3.13. The zero-order valence-corrected chi connectivity index (χ0v) is 16.7. The fraction of sp³-hybridized carbons (Fsp3) is 0.261. The van der Waals surface area contributed by atoms with Crippen LogP contribution in [0, 0.1) is 13.8 Å². The topological polar surface area (TPSA) is 67.2 Å². The Balaban J connectivity index is 1.50. The van der Waals surface area contributed by atoms with E-state index in [4.69, 9.17) is 0 Å². The maximum absolute atomic E-state index is 12.5. The van der Waals surface area contributed by atoms with Crippen molar-refractivity contribution in [2.45, 2.75) is 33.4 Å². The minimum Gasteiger partial charge on any atom is -0.350 e. The van der Waals surface area contributed by atoms with Gasteiger partial charge in [0.25, 0.3) is 0 Å². The number of hydrogen-bond donors (Lipinski definition) is 1. The third-order valence-electron chi connectivity index (χ3n) is 5.17. The number of carbonyl (C=O) groups is 2. The van der Waals surface area contributed by atoms with E-state index in [1.807, 2.05) is 73.1 Å². The van der Waals surface area contributed by atoms with Crippen molar-refractivity contribution in [3.05, 3.63) is 71.3 Å². The molecule has 0 saturated carbocycles. The first-order valence-corrected chi connectivity index (χ1v) is 9.78. The number of fused-ring (bicyclic) bond motifs is 1. The average molecular weight is 388 g/mol. The number of rotatable bonds is 5. The normalized spacial score (nSPS) is 13.3. The Morgan fingerprint density at radius 3 is 2.72 bits per heavy atom. The maximum atomic E-state index is 12.5. The summed E-state index contributed by atoms with van der Waals surface area (Å²) in [6.45, 7) is 5.02. The quantitative estimate of drug-likeness (QED) is 0.730. The zero-order chi connectivity index (χ0) is 20.4. The predicted octanol–water partition coefficient (Wildman–Crippen LogP) is 3.22. The molecule has 1 aromatic heterocycles. The van der Waals surface area contributed by atoms with Crippen LogP contribution >= 0.6 is 0 Å². The molecule has 0 atom stereocenters. The number of carbonyl (C=O) groups excluding carboxylic acids is 2. The van der Waals surface area contributed by atoms with Crippen LogP contribution in [-0.4, -0.2) is 28.1 Å². The van der Waals surface area contributed by atoms with Gasteiger partial charge in [-0.15, -0.1) is 0 Å². The summed E-state index contributed by atoms with van der Waals surface area (Å²) >= 11 is 0. The van der Waals surface area contributed by atoms with Gasteiger partial charge in [0.05, 0.1) is 12.2 Å². The summed E-state index contributed by atoms with van der Waals surface area (Å²) in [6, 6.07) is 17.9. The van der Waals surface area contributed by atoms with Crippen LogP contribution in [0.3, 0.4) is 0 Å². The molecule has 0 spiro atoms. The van der Waals surface area contributed by atoms with Crippen molar-refractivity contribution in [3.8, 4) is 11.3 Å². The molecule has 1 aliphatic heterocycles. The van der Waals surface area contributed by atoms with E-state index in [1.54, 1.807) is 0 Å². The molecule has 6 heteroatoms. The minimum absolute atomic E-state index is 0.0104. The van der Waals surface area contributed by atoms with Crippen LogP contribution in [0.2, 0.25) is 0 Å². The molecule has 148 valence electrons. The van der Waals surface area contributed by atoms with Crippen LogP contribution in [0.1, 0.15) is 23.1 Å². The van der Waals surface area contributed by atoms with Crippen molar-refractivity contribution in [2.75, 3.05) is 11.4 Å². The van der Waals surface area contributed by atoms with Gasteiger partial charge in [0.15, 0.2) is 0 Å². The smallest absolute Gasteiger partial charge is 0.240 e. The molecule has 4 rings (SSSR count). The molecule has 0 bridgehead atoms. The zero-order valence-electron chi connectivity index (χ0n) is 16.7. The highest BCUT2D eigenvalue weighted by Gasteiger charge is 2.28. The standard InChI is InChI=1S/C23H24N4O2/c1-16-6-5-8-18(12-16)14-24-21(28)15-26-22-13-20(19-9-4-3-7-17(19)2)25-27(22)11-10-23(26)29/h3-9,12-13H,10-11,14-15H2,1-2H3,(H,24,28). The van der Waals surface area contributed by atoms with Gasteiger partial charge in [0, 0.05) is 24.6 Å². The van der Waals surface area contributed by atoms with E-state index in [2.05, 4.69) is 10.4 Å². The van der Waals surface area contributed by atoms with Crippen molar-refractivity contribution in [3.63, 3.8) is 0 Å². The number of hydrogen-bond acceptors (Lipinski definition) is 3. The Morgan fingerprint density at radius 2 is 1.93 bits per heavy atom. The Morgan fingerprint density at radius 1 is 1.10 bits per heavy atom. The minimum atomic E-state index is -0.188. The van der Waals surface area contributed by atoms with Crippen molar-refractivity contribution < 1.29 is 9.59 Å². The second kappa shape index (κ2) is 7.91. The first-order chi connectivity index (χ1) is 14.0. The van der Waals surface area contributed by atoms with Gasteiger partial charge in [-0.1, -0.05) is 54.1 Å². The first-order valence-electron chi connectivity index (χ1n) is 9.78. The van der Waals surface area contributed by atoms with E-state index in [9.17, 15) is 9.59 Å². The highest BCUT2D eigenvalue weighted by Crippen LogP contribution is 2.29. The summed E-state index contributed by atoms with van der Waals surface area (Å²) in [7, 11) is 0. The third kappa shape index (κ3) is 4.06. The molecule has 6 nitrogen and oxygen atoms in total. The van der Waals surface area contributed by atoms with Crippen LogP contribution in [0.25, 0.3) is 11.3 Å². The van der Waals surface area contributed by atoms with E-state index < -0.39 is 0 Å². The lowest BCUT2D eigenvalue weighted by Gasteiger charge is -2.26. The molecule has 29 heavy (non-hydrogen) atoms. The molecule has 2 heterocycles. The van der Waals surface area contributed by atoms with E-state index in [1.165, 1.54) is 4.90 Å². The first kappa shape index (κ1) is 18.9. The van der Waals surface area contributed by atoms with Gasteiger partial charge in [0.2, 0.25) is 11.8 Å². The van der Waals surface area contributed by atoms with Crippen molar-refractivity contribution in [1.29, 1.82) is 0 Å². The molecule has 1 aliphatic rings. The lowest BCUT2D eigenvalue weighted by atomic mass is 10.1. The molecule has 0 radical (unpaired) electrons. The number of amides is 2. The van der Waals surface area contributed by atoms with Crippen molar-refractivity contribution in [2.24, 2.45) is 0 Å². The summed E-state index contributed by atoms with van der Waals surface area (Å²) in [5.74, 6) is 0.427. The summed E-state index contributed by atoms with van der Waals surface area (Å²) in [6.07, 6.45) is 0.340. The Hall–Kier alpha value is -3.41. The van der Waals surface area contributed by atoms with E-state index >= 15 is 0 Å². The second-order valence-electron chi connectivity index (χ2n) is 7.42. The Labute approximate surface area is 170 Å². The molecule has 3 aromatic rings. The molecule has 0 aliphatic carbocycles. The largest absolute Gasteiger partial charge is 0.350 e. The van der Waals surface area contributed by atoms with Gasteiger partial charge in [-0.2, -0.15) is 5.10 Å². The fourth-order valence-corrected chi connectivity index (χ4v) is 3.64. The van der Waals surface area contributed by atoms with Crippen molar-refractivity contribution >= 4 is 17.6 Å². The molecule has 0 fully saturated rings. The number of nitrogens with one attached hydrogen (secondary N) is 1. The molecule has 1 N–H and O–H groups in total. The molecule has 2 aromatic carbocycles. The monoisotopic (exact) mass is 388 g/mol. The summed E-state index contributed by atoms with van der Waals surface area (Å²) in [5, 5.41) is 7.58. The summed E-state index contributed by atoms with van der Waals surface area (Å²) in [5.41, 5.74) is 5.16. The number of aryl methyl sites for hydroxylation is 3. The lowest BCUT2D eigenvalue weighted by Crippen LogP contribution is -2.44. The Bertz CT molecular complexity index is 1070. The van der Waals surface area contributed by atoms with Gasteiger partial charge >= 0.3 is 0 Å². The number of benzene rings is 2. The van der Waals surface area contributed by atoms with Gasteiger partial charge in [-0.3, -0.25) is 14.5 Å². The SMILES string of the molecule is Cc1cccc(CNC(=O)CN2C(=O)CCn3nc(-c4ccccc4C)cc32)c1. The highest BCUT2D eigenvalue weighted by molar-refractivity contribution is 5.99. The molecule has 0 saturated heterocycles. The predicted molar refractivity (Wildman–Crippen MR) is 112 cm³/mol. The van der Waals surface area contributed by atoms with E-state index in [0.29, 0.717) is 25.3 Å². The second-order valence-corrected chi connectivity index (χ2v) is 7.42. The molecule has 0 unspecified atom stereocenters.